The standard InChI is InChI=1S/C17H32N2O2/c1-13-2-4-14(5-3-13)16(19-18)15-6-9-21-17(12-15)7-10-20-11-8-17/h13-16,19H,2-12,18H2,1H3. The Balaban J connectivity index is 1.63. The van der Waals surface area contributed by atoms with Gasteiger partial charge in [-0.05, 0) is 56.3 Å². The molecular formula is C17H32N2O2. The molecule has 3 aliphatic rings. The van der Waals surface area contributed by atoms with E-state index in [1.807, 2.05) is 0 Å². The van der Waals surface area contributed by atoms with Gasteiger partial charge in [0.1, 0.15) is 0 Å². The summed E-state index contributed by atoms with van der Waals surface area (Å²) in [6, 6.07) is 0.473. The van der Waals surface area contributed by atoms with E-state index in [2.05, 4.69) is 12.3 Å². The van der Waals surface area contributed by atoms with E-state index in [1.54, 1.807) is 0 Å². The van der Waals surface area contributed by atoms with Crippen molar-refractivity contribution in [2.24, 2.45) is 23.6 Å². The summed E-state index contributed by atoms with van der Waals surface area (Å²) in [6.07, 6.45) is 9.84. The second-order valence-electron chi connectivity index (χ2n) is 7.61. The fourth-order valence-corrected chi connectivity index (χ4v) is 4.77. The highest BCUT2D eigenvalue weighted by Gasteiger charge is 2.42. The fraction of sp³-hybridized carbons (Fsp3) is 1.00. The number of rotatable bonds is 3. The SMILES string of the molecule is CC1CCC(C(NN)C2CCOC3(CCOCC3)C2)CC1. The average Bonchev–Trinajstić information content (AvgIpc) is 2.51. The highest BCUT2D eigenvalue weighted by atomic mass is 16.5. The Hall–Kier alpha value is -0.160. The van der Waals surface area contributed by atoms with Gasteiger partial charge in [0.25, 0.3) is 0 Å². The van der Waals surface area contributed by atoms with Gasteiger partial charge in [0, 0.05) is 25.9 Å². The van der Waals surface area contributed by atoms with Gasteiger partial charge in [0.2, 0.25) is 0 Å². The Morgan fingerprint density at radius 3 is 2.38 bits per heavy atom. The molecule has 0 radical (unpaired) electrons. The summed E-state index contributed by atoms with van der Waals surface area (Å²) in [5, 5.41) is 0. The molecule has 0 amide bonds. The van der Waals surface area contributed by atoms with Crippen LogP contribution in [0.4, 0.5) is 0 Å². The molecule has 0 bridgehead atoms. The lowest BCUT2D eigenvalue weighted by molar-refractivity contribution is -0.152. The van der Waals surface area contributed by atoms with E-state index in [0.717, 1.165) is 57.3 Å². The Morgan fingerprint density at radius 2 is 1.71 bits per heavy atom. The van der Waals surface area contributed by atoms with E-state index >= 15 is 0 Å². The molecule has 2 aliphatic heterocycles. The van der Waals surface area contributed by atoms with E-state index < -0.39 is 0 Å². The molecule has 3 fully saturated rings. The topological polar surface area (TPSA) is 56.5 Å². The number of hydrogen-bond donors (Lipinski definition) is 2. The molecule has 122 valence electrons. The quantitative estimate of drug-likeness (QED) is 0.621. The molecule has 2 unspecified atom stereocenters. The van der Waals surface area contributed by atoms with Crippen molar-refractivity contribution in [3.8, 4) is 0 Å². The number of nitrogens with one attached hydrogen (secondary N) is 1. The minimum Gasteiger partial charge on any atom is -0.381 e. The van der Waals surface area contributed by atoms with Crippen molar-refractivity contribution < 1.29 is 9.47 Å². The maximum absolute atomic E-state index is 6.19. The zero-order valence-electron chi connectivity index (χ0n) is 13.5. The van der Waals surface area contributed by atoms with Crippen LogP contribution in [0.2, 0.25) is 0 Å². The van der Waals surface area contributed by atoms with Crippen LogP contribution in [0.1, 0.15) is 58.3 Å². The first-order valence-corrected chi connectivity index (χ1v) is 8.90. The van der Waals surface area contributed by atoms with Crippen molar-refractivity contribution in [3.63, 3.8) is 0 Å². The number of ether oxygens (including phenoxy) is 2. The van der Waals surface area contributed by atoms with Gasteiger partial charge >= 0.3 is 0 Å². The van der Waals surface area contributed by atoms with Crippen LogP contribution in [0, 0.1) is 17.8 Å². The maximum atomic E-state index is 6.19. The molecule has 2 atom stereocenters. The second kappa shape index (κ2) is 6.95. The Bertz CT molecular complexity index is 317. The largest absolute Gasteiger partial charge is 0.381 e. The molecule has 3 rings (SSSR count). The zero-order valence-corrected chi connectivity index (χ0v) is 13.5. The summed E-state index contributed by atoms with van der Waals surface area (Å²) in [5.41, 5.74) is 3.27. The first kappa shape index (κ1) is 15.7. The minimum atomic E-state index is 0.0816. The summed E-state index contributed by atoms with van der Waals surface area (Å²) >= 11 is 0. The maximum Gasteiger partial charge on any atom is 0.0729 e. The molecule has 1 spiro atoms. The third kappa shape index (κ3) is 3.61. The van der Waals surface area contributed by atoms with Crippen LogP contribution in [-0.4, -0.2) is 31.5 Å². The smallest absolute Gasteiger partial charge is 0.0729 e. The van der Waals surface area contributed by atoms with Gasteiger partial charge < -0.3 is 9.47 Å². The van der Waals surface area contributed by atoms with Crippen molar-refractivity contribution >= 4 is 0 Å². The van der Waals surface area contributed by atoms with E-state index in [9.17, 15) is 0 Å². The van der Waals surface area contributed by atoms with Crippen molar-refractivity contribution in [2.45, 2.75) is 69.9 Å². The van der Waals surface area contributed by atoms with Crippen LogP contribution >= 0.6 is 0 Å². The normalized spacial score (nSPS) is 38.3. The number of hydrazine groups is 1. The van der Waals surface area contributed by atoms with Crippen molar-refractivity contribution in [1.29, 1.82) is 0 Å². The van der Waals surface area contributed by atoms with Crippen LogP contribution in [-0.2, 0) is 9.47 Å². The van der Waals surface area contributed by atoms with E-state index in [-0.39, 0.29) is 5.60 Å². The molecule has 0 aromatic heterocycles. The lowest BCUT2D eigenvalue weighted by Crippen LogP contribution is -2.53. The summed E-state index contributed by atoms with van der Waals surface area (Å²) in [4.78, 5) is 0. The summed E-state index contributed by atoms with van der Waals surface area (Å²) in [6.45, 7) is 4.99. The van der Waals surface area contributed by atoms with Gasteiger partial charge in [-0.1, -0.05) is 19.8 Å². The lowest BCUT2D eigenvalue weighted by atomic mass is 9.70. The molecule has 0 aromatic carbocycles. The van der Waals surface area contributed by atoms with Gasteiger partial charge in [-0.15, -0.1) is 0 Å². The Morgan fingerprint density at radius 1 is 1.00 bits per heavy atom. The monoisotopic (exact) mass is 296 g/mol. The zero-order chi connectivity index (χ0) is 14.7. The highest BCUT2D eigenvalue weighted by Crippen LogP contribution is 2.41. The molecule has 2 heterocycles. The van der Waals surface area contributed by atoms with Crippen LogP contribution in [0.5, 0.6) is 0 Å². The molecule has 1 aliphatic carbocycles. The molecule has 3 N–H and O–H groups in total. The molecule has 0 aromatic rings. The molecule has 2 saturated heterocycles. The average molecular weight is 296 g/mol. The van der Waals surface area contributed by atoms with E-state index in [1.165, 1.54) is 25.7 Å². The fourth-order valence-electron chi connectivity index (χ4n) is 4.77. The minimum absolute atomic E-state index is 0.0816. The van der Waals surface area contributed by atoms with Crippen LogP contribution in [0.15, 0.2) is 0 Å². The van der Waals surface area contributed by atoms with Gasteiger partial charge in [-0.3, -0.25) is 11.3 Å². The summed E-state index contributed by atoms with van der Waals surface area (Å²) < 4.78 is 11.7. The summed E-state index contributed by atoms with van der Waals surface area (Å²) in [5.74, 6) is 8.29. The predicted octanol–water partition coefficient (Wildman–Crippen LogP) is 2.62. The predicted molar refractivity (Wildman–Crippen MR) is 83.7 cm³/mol. The third-order valence-electron chi connectivity index (χ3n) is 6.20. The first-order valence-electron chi connectivity index (χ1n) is 8.90. The van der Waals surface area contributed by atoms with E-state index in [0.29, 0.717) is 12.0 Å². The Labute approximate surface area is 129 Å². The van der Waals surface area contributed by atoms with Crippen molar-refractivity contribution in [1.82, 2.24) is 5.43 Å². The first-order chi connectivity index (χ1) is 10.2. The number of hydrogen-bond acceptors (Lipinski definition) is 4. The van der Waals surface area contributed by atoms with Crippen LogP contribution in [0.25, 0.3) is 0 Å². The highest BCUT2D eigenvalue weighted by molar-refractivity contribution is 4.94. The van der Waals surface area contributed by atoms with Crippen LogP contribution < -0.4 is 11.3 Å². The van der Waals surface area contributed by atoms with Gasteiger partial charge in [0.05, 0.1) is 5.60 Å². The molecule has 4 heteroatoms. The van der Waals surface area contributed by atoms with Crippen molar-refractivity contribution in [2.75, 3.05) is 19.8 Å². The van der Waals surface area contributed by atoms with Gasteiger partial charge in [-0.2, -0.15) is 0 Å². The molecule has 1 saturated carbocycles. The number of nitrogens with two attached hydrogens (primary N) is 1. The van der Waals surface area contributed by atoms with Gasteiger partial charge in [-0.25, -0.2) is 0 Å². The molecule has 21 heavy (non-hydrogen) atoms. The molecule has 4 nitrogen and oxygen atoms in total. The van der Waals surface area contributed by atoms with Crippen molar-refractivity contribution in [3.05, 3.63) is 0 Å². The summed E-state index contributed by atoms with van der Waals surface area (Å²) in [7, 11) is 0. The second-order valence-corrected chi connectivity index (χ2v) is 7.61. The third-order valence-corrected chi connectivity index (χ3v) is 6.20. The molecular weight excluding hydrogens is 264 g/mol. The van der Waals surface area contributed by atoms with Gasteiger partial charge in [0.15, 0.2) is 0 Å². The lowest BCUT2D eigenvalue weighted by Gasteiger charge is -2.47. The van der Waals surface area contributed by atoms with Crippen LogP contribution in [0.3, 0.4) is 0 Å². The Kier molecular flexibility index (Phi) is 5.20. The van der Waals surface area contributed by atoms with E-state index in [4.69, 9.17) is 15.3 Å².